The first-order chi connectivity index (χ1) is 17.5. The molecule has 0 aliphatic carbocycles. The molecule has 0 radical (unpaired) electrons. The molecule has 0 spiro atoms. The third-order valence-corrected chi connectivity index (χ3v) is 7.12. The van der Waals surface area contributed by atoms with E-state index in [9.17, 15) is 9.18 Å². The normalized spacial score (nSPS) is 14.2. The first-order valence-corrected chi connectivity index (χ1v) is 12.3. The van der Waals surface area contributed by atoms with Crippen LogP contribution >= 0.6 is 0 Å². The van der Waals surface area contributed by atoms with Crippen LogP contribution in [0.3, 0.4) is 0 Å². The Morgan fingerprint density at radius 1 is 1.19 bits per heavy atom. The van der Waals surface area contributed by atoms with E-state index in [1.807, 2.05) is 55.9 Å². The molecule has 192 valence electrons. The molecule has 5 rings (SSSR count). The van der Waals surface area contributed by atoms with E-state index in [4.69, 9.17) is 10.7 Å². The minimum Gasteiger partial charge on any atom is -0.368 e. The zero-order valence-corrected chi connectivity index (χ0v) is 21.7. The number of nitrogens with zero attached hydrogens (tertiary/aromatic N) is 6. The summed E-state index contributed by atoms with van der Waals surface area (Å²) in [5.41, 5.74) is 9.64. The first kappa shape index (κ1) is 24.8. The van der Waals surface area contributed by atoms with Gasteiger partial charge < -0.3 is 11.1 Å². The Balaban J connectivity index is 1.41. The lowest BCUT2D eigenvalue weighted by atomic mass is 9.96. The van der Waals surface area contributed by atoms with E-state index in [0.29, 0.717) is 30.9 Å². The van der Waals surface area contributed by atoms with Gasteiger partial charge in [-0.25, -0.2) is 19.3 Å². The summed E-state index contributed by atoms with van der Waals surface area (Å²) in [5, 5.41) is 8.67. The number of carbonyl (C=O) groups is 1. The maximum Gasteiger partial charge on any atom is 0.237 e. The number of hydrogen-bond donors (Lipinski definition) is 2. The molecule has 1 aliphatic rings. The highest BCUT2D eigenvalue weighted by molar-refractivity contribution is 5.87. The van der Waals surface area contributed by atoms with Gasteiger partial charge in [-0.2, -0.15) is 5.10 Å². The number of aromatic nitrogens is 5. The number of halogens is 1. The fourth-order valence-electron chi connectivity index (χ4n) is 4.91. The molecule has 3 N–H and O–H groups in total. The van der Waals surface area contributed by atoms with Gasteiger partial charge in [0, 0.05) is 48.9 Å². The number of aryl methyl sites for hydroxylation is 1. The van der Waals surface area contributed by atoms with Crippen LogP contribution in [-0.2, 0) is 24.8 Å². The van der Waals surface area contributed by atoms with Crippen molar-refractivity contribution in [3.8, 4) is 11.3 Å². The van der Waals surface area contributed by atoms with E-state index >= 15 is 0 Å². The molecule has 10 heteroatoms. The maximum absolute atomic E-state index is 14.8. The summed E-state index contributed by atoms with van der Waals surface area (Å²) in [4.78, 5) is 27.3. The molecule has 1 amide bonds. The van der Waals surface area contributed by atoms with Crippen LogP contribution in [0.4, 0.5) is 16.2 Å². The second kappa shape index (κ2) is 9.19. The molecule has 0 unspecified atom stereocenters. The van der Waals surface area contributed by atoms with Crippen molar-refractivity contribution < 1.29 is 9.18 Å². The number of hydrogen-bond acceptors (Lipinski definition) is 7. The largest absolute Gasteiger partial charge is 0.368 e. The van der Waals surface area contributed by atoms with Crippen molar-refractivity contribution in [2.45, 2.75) is 52.1 Å². The van der Waals surface area contributed by atoms with Gasteiger partial charge in [0.15, 0.2) is 5.82 Å². The average Bonchev–Trinajstić information content (AvgIpc) is 3.19. The highest BCUT2D eigenvalue weighted by Gasteiger charge is 2.35. The Hall–Kier alpha value is -3.92. The zero-order chi connectivity index (χ0) is 26.5. The van der Waals surface area contributed by atoms with Crippen molar-refractivity contribution in [1.82, 2.24) is 29.6 Å². The summed E-state index contributed by atoms with van der Waals surface area (Å²) in [7, 11) is 1.92. The van der Waals surface area contributed by atoms with Crippen LogP contribution in [0.25, 0.3) is 22.2 Å². The third kappa shape index (κ3) is 4.53. The number of amides is 1. The molecule has 9 nitrogen and oxygen atoms in total. The lowest BCUT2D eigenvalue weighted by molar-refractivity contribution is -0.128. The summed E-state index contributed by atoms with van der Waals surface area (Å²) < 4.78 is 16.7. The molecule has 0 saturated heterocycles. The van der Waals surface area contributed by atoms with Crippen LogP contribution in [0.1, 0.15) is 50.6 Å². The van der Waals surface area contributed by atoms with Crippen molar-refractivity contribution in [1.29, 1.82) is 0 Å². The van der Waals surface area contributed by atoms with E-state index in [2.05, 4.69) is 39.1 Å². The average molecular weight is 503 g/mol. The minimum absolute atomic E-state index is 0.209. The van der Waals surface area contributed by atoms with E-state index in [0.717, 1.165) is 27.9 Å². The van der Waals surface area contributed by atoms with Gasteiger partial charge in [0.25, 0.3) is 0 Å². The molecule has 1 aromatic carbocycles. The van der Waals surface area contributed by atoms with Crippen molar-refractivity contribution in [3.05, 3.63) is 59.3 Å². The molecule has 1 aliphatic heterocycles. The molecule has 4 aromatic rings. The maximum atomic E-state index is 14.8. The summed E-state index contributed by atoms with van der Waals surface area (Å²) in [6.45, 7) is 9.15. The van der Waals surface area contributed by atoms with E-state index in [-0.39, 0.29) is 23.5 Å². The molecule has 3 aromatic heterocycles. The smallest absolute Gasteiger partial charge is 0.237 e. The highest BCUT2D eigenvalue weighted by Crippen LogP contribution is 2.31. The number of anilines is 2. The lowest BCUT2D eigenvalue weighted by Crippen LogP contribution is -2.54. The summed E-state index contributed by atoms with van der Waals surface area (Å²) in [5.74, 6) is 0.238. The highest BCUT2D eigenvalue weighted by atomic mass is 19.1. The lowest BCUT2D eigenvalue weighted by Gasteiger charge is -2.39. The topological polar surface area (TPSA) is 115 Å². The molecule has 0 bridgehead atoms. The van der Waals surface area contributed by atoms with Gasteiger partial charge >= 0.3 is 0 Å². The Kier molecular flexibility index (Phi) is 6.15. The van der Waals surface area contributed by atoms with Crippen LogP contribution in [0, 0.1) is 5.82 Å². The molecular weight excluding hydrogens is 471 g/mol. The number of fused-ring (bicyclic) bond motifs is 2. The third-order valence-electron chi connectivity index (χ3n) is 7.12. The number of benzene rings is 1. The van der Waals surface area contributed by atoms with Gasteiger partial charge in [0.05, 0.1) is 17.3 Å². The van der Waals surface area contributed by atoms with E-state index in [1.165, 1.54) is 6.20 Å². The Labute approximate surface area is 214 Å². The number of carbonyl (C=O) groups excluding carboxylic acids is 1. The standard InChI is InChI=1S/C27H31FN8O/c1-15(2)24-18-12-16(6-8-21(18)34-35(24)5)23-19(28)13-30-26(33-23)32-22-9-7-17-14-36(11-10-20(17)31-22)27(3,4)25(29)37/h6-9,12-13,15H,10-11,14H2,1-5H3,(H2,29,37)(H,30,31,32,33). The van der Waals surface area contributed by atoms with E-state index < -0.39 is 11.4 Å². The van der Waals surface area contributed by atoms with Crippen molar-refractivity contribution in [2.24, 2.45) is 12.8 Å². The molecule has 0 atom stereocenters. The number of nitrogens with one attached hydrogen (secondary N) is 1. The van der Waals surface area contributed by atoms with Crippen LogP contribution in [0.15, 0.2) is 36.5 Å². The second-order valence-electron chi connectivity index (χ2n) is 10.3. The van der Waals surface area contributed by atoms with Crippen molar-refractivity contribution >= 4 is 28.6 Å². The SMILES string of the molecule is CC(C)c1c2cc(-c3nc(Nc4ccc5c(n4)CCN(C(C)(C)C(N)=O)C5)ncc3F)ccc2nn1C. The fraction of sp³-hybridized carbons (Fsp3) is 0.370. The fourth-order valence-corrected chi connectivity index (χ4v) is 4.91. The molecular formula is C27H31FN8O. The summed E-state index contributed by atoms with van der Waals surface area (Å²) >= 11 is 0. The van der Waals surface area contributed by atoms with Crippen LogP contribution in [-0.4, -0.2) is 47.6 Å². The number of primary amides is 1. The molecule has 0 fully saturated rings. The Morgan fingerprint density at radius 2 is 1.97 bits per heavy atom. The summed E-state index contributed by atoms with van der Waals surface area (Å²) in [6, 6.07) is 9.46. The van der Waals surface area contributed by atoms with Gasteiger partial charge in [-0.15, -0.1) is 0 Å². The predicted octanol–water partition coefficient (Wildman–Crippen LogP) is 4.05. The van der Waals surface area contributed by atoms with E-state index in [1.54, 1.807) is 0 Å². The second-order valence-corrected chi connectivity index (χ2v) is 10.3. The van der Waals surface area contributed by atoms with Crippen molar-refractivity contribution in [2.75, 3.05) is 11.9 Å². The number of rotatable bonds is 6. The van der Waals surface area contributed by atoms with Crippen LogP contribution in [0.2, 0.25) is 0 Å². The van der Waals surface area contributed by atoms with Gasteiger partial charge in [-0.05, 0) is 43.5 Å². The van der Waals surface area contributed by atoms with Gasteiger partial charge in [0.1, 0.15) is 11.5 Å². The monoisotopic (exact) mass is 502 g/mol. The minimum atomic E-state index is -0.734. The van der Waals surface area contributed by atoms with Gasteiger partial charge in [-0.3, -0.25) is 14.4 Å². The quantitative estimate of drug-likeness (QED) is 0.409. The number of pyridine rings is 1. The Morgan fingerprint density at radius 3 is 2.70 bits per heavy atom. The van der Waals surface area contributed by atoms with Gasteiger partial charge in [0.2, 0.25) is 11.9 Å². The van der Waals surface area contributed by atoms with Crippen LogP contribution < -0.4 is 11.1 Å². The molecule has 0 saturated carbocycles. The van der Waals surface area contributed by atoms with Gasteiger partial charge in [-0.1, -0.05) is 26.0 Å². The molecule has 37 heavy (non-hydrogen) atoms. The predicted molar refractivity (Wildman–Crippen MR) is 141 cm³/mol. The number of nitrogens with two attached hydrogens (primary N) is 1. The van der Waals surface area contributed by atoms with Crippen molar-refractivity contribution in [3.63, 3.8) is 0 Å². The molecule has 4 heterocycles. The van der Waals surface area contributed by atoms with Crippen LogP contribution in [0.5, 0.6) is 0 Å². The first-order valence-electron chi connectivity index (χ1n) is 12.3. The zero-order valence-electron chi connectivity index (χ0n) is 21.7. The summed E-state index contributed by atoms with van der Waals surface area (Å²) in [6.07, 6.45) is 1.85. The Bertz CT molecular complexity index is 1510.